The highest BCUT2D eigenvalue weighted by Gasteiger charge is 1.98. The number of nitrogens with zero attached hydrogens (tertiary/aromatic N) is 2. The Balaban J connectivity index is 3.67. The molecule has 6 nitrogen and oxygen atoms in total. The van der Waals surface area contributed by atoms with E-state index in [1.54, 1.807) is 0 Å². The van der Waals surface area contributed by atoms with Crippen molar-refractivity contribution in [2.24, 2.45) is 21.8 Å². The zero-order chi connectivity index (χ0) is 9.40. The Morgan fingerprint density at radius 1 is 1.50 bits per heavy atom. The fourth-order valence-corrected chi connectivity index (χ4v) is 0.673. The van der Waals surface area contributed by atoms with Crippen molar-refractivity contribution >= 4 is 17.8 Å². The van der Waals surface area contributed by atoms with Crippen LogP contribution in [-0.2, 0) is 4.79 Å². The molecule has 0 aromatic heterocycles. The van der Waals surface area contributed by atoms with Crippen LogP contribution in [0.2, 0.25) is 0 Å². The van der Waals surface area contributed by atoms with Gasteiger partial charge in [0.05, 0.1) is 11.9 Å². The predicted octanol–water partition coefficient (Wildman–Crippen LogP) is -0.583. The van der Waals surface area contributed by atoms with Gasteiger partial charge in [-0.3, -0.25) is 4.79 Å². The Labute approximate surface area is 69.9 Å². The summed E-state index contributed by atoms with van der Waals surface area (Å²) in [4.78, 5) is 10.3. The number of hydrazone groups is 1. The van der Waals surface area contributed by atoms with Gasteiger partial charge in [0.25, 0.3) is 0 Å². The van der Waals surface area contributed by atoms with Crippen molar-refractivity contribution in [3.8, 4) is 0 Å². The maximum absolute atomic E-state index is 10.3. The smallest absolute Gasteiger partial charge is 0.217 e. The second-order valence-corrected chi connectivity index (χ2v) is 2.18. The maximum atomic E-state index is 10.3. The summed E-state index contributed by atoms with van der Waals surface area (Å²) in [6, 6.07) is 0. The van der Waals surface area contributed by atoms with E-state index in [0.717, 1.165) is 6.21 Å². The van der Waals surface area contributed by atoms with Crippen LogP contribution in [0.1, 0.15) is 19.3 Å². The average molecular weight is 172 g/mol. The molecule has 0 aliphatic rings. The number of hydrogen-bond acceptors (Lipinski definition) is 5. The molecule has 12 heavy (non-hydrogen) atoms. The minimum atomic E-state index is -0.368. The molecule has 1 amide bonds. The van der Waals surface area contributed by atoms with Gasteiger partial charge in [0.1, 0.15) is 0 Å². The van der Waals surface area contributed by atoms with E-state index < -0.39 is 0 Å². The largest absolute Gasteiger partial charge is 0.411 e. The SMILES string of the molecule is NN=C(C=NO)CCCC(N)=O. The summed E-state index contributed by atoms with van der Waals surface area (Å²) in [5.41, 5.74) is 5.33. The van der Waals surface area contributed by atoms with Crippen molar-refractivity contribution in [1.29, 1.82) is 0 Å². The number of oxime groups is 1. The lowest BCUT2D eigenvalue weighted by Crippen LogP contribution is -2.11. The first kappa shape index (κ1) is 10.4. The standard InChI is InChI=1S/C6H12N4O2/c7-6(11)3-1-2-5(10-8)4-9-12/h4,12H,1-3,8H2,(H2,7,11). The zero-order valence-electron chi connectivity index (χ0n) is 6.60. The number of carbonyl (C=O) groups is 1. The molecular weight excluding hydrogens is 160 g/mol. The molecule has 0 aromatic carbocycles. The van der Waals surface area contributed by atoms with Crippen LogP contribution >= 0.6 is 0 Å². The molecule has 6 heteroatoms. The molecule has 0 spiro atoms. The maximum Gasteiger partial charge on any atom is 0.217 e. The van der Waals surface area contributed by atoms with Gasteiger partial charge in [-0.05, 0) is 12.8 Å². The van der Waals surface area contributed by atoms with E-state index in [4.69, 9.17) is 16.8 Å². The normalized spacial score (nSPS) is 12.2. The molecule has 0 unspecified atom stereocenters. The summed E-state index contributed by atoms with van der Waals surface area (Å²) in [5, 5.41) is 14.2. The lowest BCUT2D eigenvalue weighted by atomic mass is 10.2. The van der Waals surface area contributed by atoms with Gasteiger partial charge < -0.3 is 16.8 Å². The van der Waals surface area contributed by atoms with E-state index in [0.29, 0.717) is 18.6 Å². The third-order valence-electron chi connectivity index (χ3n) is 1.23. The van der Waals surface area contributed by atoms with Gasteiger partial charge in [-0.15, -0.1) is 0 Å². The van der Waals surface area contributed by atoms with Gasteiger partial charge in [0.15, 0.2) is 0 Å². The Hall–Kier alpha value is -1.59. The molecule has 0 saturated carbocycles. The first-order valence-corrected chi connectivity index (χ1v) is 3.43. The van der Waals surface area contributed by atoms with Gasteiger partial charge in [0.2, 0.25) is 5.91 Å². The van der Waals surface area contributed by atoms with E-state index in [9.17, 15) is 4.79 Å². The lowest BCUT2D eigenvalue weighted by molar-refractivity contribution is -0.118. The van der Waals surface area contributed by atoms with E-state index >= 15 is 0 Å². The van der Waals surface area contributed by atoms with Crippen LogP contribution in [0, 0.1) is 0 Å². The van der Waals surface area contributed by atoms with E-state index in [1.807, 2.05) is 0 Å². The van der Waals surface area contributed by atoms with Crippen molar-refractivity contribution in [2.75, 3.05) is 0 Å². The molecule has 0 fully saturated rings. The fourth-order valence-electron chi connectivity index (χ4n) is 0.673. The molecule has 68 valence electrons. The highest BCUT2D eigenvalue weighted by molar-refractivity contribution is 6.30. The Morgan fingerprint density at radius 3 is 2.58 bits per heavy atom. The summed E-state index contributed by atoms with van der Waals surface area (Å²) in [6.45, 7) is 0. The third kappa shape index (κ3) is 5.21. The van der Waals surface area contributed by atoms with Crippen LogP contribution < -0.4 is 11.6 Å². The summed E-state index contributed by atoms with van der Waals surface area (Å²) in [6.07, 6.45) is 2.43. The summed E-state index contributed by atoms with van der Waals surface area (Å²) in [7, 11) is 0. The van der Waals surface area contributed by atoms with Gasteiger partial charge in [0, 0.05) is 6.42 Å². The fraction of sp³-hybridized carbons (Fsp3) is 0.500. The number of nitrogens with two attached hydrogens (primary N) is 2. The second kappa shape index (κ2) is 6.14. The van der Waals surface area contributed by atoms with Crippen LogP contribution in [-0.4, -0.2) is 23.0 Å². The molecule has 5 N–H and O–H groups in total. The van der Waals surface area contributed by atoms with Gasteiger partial charge in [-0.1, -0.05) is 5.16 Å². The average Bonchev–Trinajstić information content (AvgIpc) is 2.02. The van der Waals surface area contributed by atoms with Gasteiger partial charge >= 0.3 is 0 Å². The monoisotopic (exact) mass is 172 g/mol. The predicted molar refractivity (Wildman–Crippen MR) is 44.9 cm³/mol. The Kier molecular flexibility index (Phi) is 5.33. The molecule has 0 aromatic rings. The topological polar surface area (TPSA) is 114 Å². The first-order valence-electron chi connectivity index (χ1n) is 3.43. The number of primary amides is 1. The highest BCUT2D eigenvalue weighted by Crippen LogP contribution is 1.95. The van der Waals surface area contributed by atoms with E-state index in [1.165, 1.54) is 0 Å². The van der Waals surface area contributed by atoms with Gasteiger partial charge in [-0.25, -0.2) is 0 Å². The van der Waals surface area contributed by atoms with Crippen molar-refractivity contribution < 1.29 is 10.0 Å². The van der Waals surface area contributed by atoms with Crippen molar-refractivity contribution in [3.05, 3.63) is 0 Å². The Bertz CT molecular complexity index is 200. The minimum absolute atomic E-state index is 0.276. The molecule has 0 atom stereocenters. The number of carbonyl (C=O) groups excluding carboxylic acids is 1. The van der Waals surface area contributed by atoms with Crippen LogP contribution in [0.4, 0.5) is 0 Å². The van der Waals surface area contributed by atoms with Crippen molar-refractivity contribution in [1.82, 2.24) is 0 Å². The molecule has 0 radical (unpaired) electrons. The van der Waals surface area contributed by atoms with Crippen LogP contribution in [0.3, 0.4) is 0 Å². The van der Waals surface area contributed by atoms with Crippen molar-refractivity contribution in [2.45, 2.75) is 19.3 Å². The summed E-state index contributed by atoms with van der Waals surface area (Å²) < 4.78 is 0. The summed E-state index contributed by atoms with van der Waals surface area (Å²) in [5.74, 6) is 4.58. The van der Waals surface area contributed by atoms with E-state index in [-0.39, 0.29) is 12.3 Å². The van der Waals surface area contributed by atoms with Gasteiger partial charge in [-0.2, -0.15) is 5.10 Å². The lowest BCUT2D eigenvalue weighted by Gasteiger charge is -1.95. The third-order valence-corrected chi connectivity index (χ3v) is 1.23. The number of amides is 1. The zero-order valence-corrected chi connectivity index (χ0v) is 6.60. The summed E-state index contributed by atoms with van der Waals surface area (Å²) >= 11 is 0. The second-order valence-electron chi connectivity index (χ2n) is 2.18. The Morgan fingerprint density at radius 2 is 2.17 bits per heavy atom. The highest BCUT2D eigenvalue weighted by atomic mass is 16.4. The molecule has 0 aliphatic carbocycles. The quantitative estimate of drug-likeness (QED) is 0.223. The van der Waals surface area contributed by atoms with Crippen molar-refractivity contribution in [3.63, 3.8) is 0 Å². The van der Waals surface area contributed by atoms with E-state index in [2.05, 4.69) is 10.3 Å². The van der Waals surface area contributed by atoms with Crippen LogP contribution in [0.15, 0.2) is 10.3 Å². The first-order chi connectivity index (χ1) is 5.70. The molecule has 0 rings (SSSR count). The number of hydrogen-bond donors (Lipinski definition) is 3. The molecule has 0 saturated heterocycles. The molecular formula is C6H12N4O2. The number of rotatable bonds is 5. The van der Waals surface area contributed by atoms with Crippen LogP contribution in [0.5, 0.6) is 0 Å². The molecule has 0 heterocycles. The minimum Gasteiger partial charge on any atom is -0.411 e. The van der Waals surface area contributed by atoms with Crippen LogP contribution in [0.25, 0.3) is 0 Å². The molecule has 0 bridgehead atoms. The molecule has 0 aliphatic heterocycles.